The largest absolute Gasteiger partial charge is 0.390 e. The monoisotopic (exact) mass is 288 g/mol. The lowest BCUT2D eigenvalue weighted by atomic mass is 9.90. The highest BCUT2D eigenvalue weighted by atomic mass is 16.5. The molecule has 1 aliphatic carbocycles. The van der Waals surface area contributed by atoms with E-state index in [4.69, 9.17) is 4.74 Å². The van der Waals surface area contributed by atoms with Crippen molar-refractivity contribution in [1.29, 1.82) is 0 Å². The van der Waals surface area contributed by atoms with Gasteiger partial charge in [-0.2, -0.15) is 5.10 Å². The SMILES string of the molecule is CCn1nc(CC(O)C2(OC)CCCC2)c2ccccc21. The number of fused-ring (bicyclic) bond motifs is 1. The summed E-state index contributed by atoms with van der Waals surface area (Å²) in [6, 6.07) is 8.24. The number of hydrogen-bond donors (Lipinski definition) is 1. The Morgan fingerprint density at radius 3 is 2.71 bits per heavy atom. The number of aryl methyl sites for hydroxylation is 1. The first kappa shape index (κ1) is 14.5. The molecular formula is C17H24N2O2. The zero-order valence-electron chi connectivity index (χ0n) is 12.9. The molecule has 1 heterocycles. The second-order valence-electron chi connectivity index (χ2n) is 5.98. The quantitative estimate of drug-likeness (QED) is 0.920. The van der Waals surface area contributed by atoms with Gasteiger partial charge in [0.2, 0.25) is 0 Å². The van der Waals surface area contributed by atoms with E-state index in [-0.39, 0.29) is 5.60 Å². The highest BCUT2D eigenvalue weighted by Gasteiger charge is 2.41. The van der Waals surface area contributed by atoms with E-state index in [1.807, 2.05) is 16.8 Å². The molecule has 1 saturated carbocycles. The van der Waals surface area contributed by atoms with Crippen LogP contribution in [-0.4, -0.2) is 33.7 Å². The van der Waals surface area contributed by atoms with Crippen molar-refractivity contribution in [2.24, 2.45) is 0 Å². The van der Waals surface area contributed by atoms with Gasteiger partial charge in [0.05, 0.1) is 22.9 Å². The number of ether oxygens (including phenoxy) is 1. The fraction of sp³-hybridized carbons (Fsp3) is 0.588. The van der Waals surface area contributed by atoms with Gasteiger partial charge >= 0.3 is 0 Å². The molecule has 2 aromatic rings. The fourth-order valence-corrected chi connectivity index (χ4v) is 3.60. The average Bonchev–Trinajstić information content (AvgIpc) is 3.13. The van der Waals surface area contributed by atoms with Crippen molar-refractivity contribution < 1.29 is 9.84 Å². The van der Waals surface area contributed by atoms with E-state index in [1.165, 1.54) is 0 Å². The Morgan fingerprint density at radius 1 is 1.33 bits per heavy atom. The minimum Gasteiger partial charge on any atom is -0.390 e. The molecule has 1 aromatic carbocycles. The molecule has 0 bridgehead atoms. The topological polar surface area (TPSA) is 47.3 Å². The number of benzene rings is 1. The number of para-hydroxylation sites is 1. The number of aromatic nitrogens is 2. The molecule has 4 nitrogen and oxygen atoms in total. The number of aliphatic hydroxyl groups excluding tert-OH is 1. The summed E-state index contributed by atoms with van der Waals surface area (Å²) in [6.45, 7) is 2.93. The molecule has 1 fully saturated rings. The first-order valence-electron chi connectivity index (χ1n) is 7.88. The van der Waals surface area contributed by atoms with Crippen molar-refractivity contribution in [3.8, 4) is 0 Å². The molecule has 0 saturated heterocycles. The van der Waals surface area contributed by atoms with Crippen molar-refractivity contribution in [3.63, 3.8) is 0 Å². The van der Waals surface area contributed by atoms with Crippen LogP contribution in [0.1, 0.15) is 38.3 Å². The first-order chi connectivity index (χ1) is 10.2. The molecular weight excluding hydrogens is 264 g/mol. The Balaban J connectivity index is 1.91. The summed E-state index contributed by atoms with van der Waals surface area (Å²) in [5.41, 5.74) is 1.74. The van der Waals surface area contributed by atoms with Gasteiger partial charge in [0, 0.05) is 25.5 Å². The Morgan fingerprint density at radius 2 is 2.05 bits per heavy atom. The molecule has 1 atom stereocenters. The zero-order valence-corrected chi connectivity index (χ0v) is 12.9. The summed E-state index contributed by atoms with van der Waals surface area (Å²) in [6.07, 6.45) is 4.22. The Bertz CT molecular complexity index is 614. The van der Waals surface area contributed by atoms with Crippen LogP contribution in [0.4, 0.5) is 0 Å². The van der Waals surface area contributed by atoms with Crippen LogP contribution in [0.25, 0.3) is 10.9 Å². The summed E-state index contributed by atoms with van der Waals surface area (Å²) in [4.78, 5) is 0. The van der Waals surface area contributed by atoms with Gasteiger partial charge in [-0.15, -0.1) is 0 Å². The van der Waals surface area contributed by atoms with Crippen LogP contribution >= 0.6 is 0 Å². The van der Waals surface area contributed by atoms with Crippen molar-refractivity contribution in [1.82, 2.24) is 9.78 Å². The molecule has 0 radical (unpaired) electrons. The van der Waals surface area contributed by atoms with Gasteiger partial charge in [-0.1, -0.05) is 31.0 Å². The predicted molar refractivity (Wildman–Crippen MR) is 83.3 cm³/mol. The van der Waals surface area contributed by atoms with Crippen molar-refractivity contribution in [2.75, 3.05) is 7.11 Å². The van der Waals surface area contributed by atoms with Crippen LogP contribution in [-0.2, 0) is 17.7 Å². The third-order valence-electron chi connectivity index (χ3n) is 4.88. The number of nitrogens with zero attached hydrogens (tertiary/aromatic N) is 2. The van der Waals surface area contributed by atoms with Gasteiger partial charge in [0.25, 0.3) is 0 Å². The maximum atomic E-state index is 10.7. The minimum atomic E-state index is -0.492. The first-order valence-corrected chi connectivity index (χ1v) is 7.88. The highest BCUT2D eigenvalue weighted by molar-refractivity contribution is 5.82. The fourth-order valence-electron chi connectivity index (χ4n) is 3.60. The lowest BCUT2D eigenvalue weighted by Gasteiger charge is -2.32. The summed E-state index contributed by atoms with van der Waals surface area (Å²) in [7, 11) is 1.72. The van der Waals surface area contributed by atoms with Crippen molar-refractivity contribution in [2.45, 2.75) is 57.3 Å². The summed E-state index contributed by atoms with van der Waals surface area (Å²) in [5.74, 6) is 0. The Labute approximate surface area is 125 Å². The lowest BCUT2D eigenvalue weighted by molar-refractivity contribution is -0.0973. The second kappa shape index (κ2) is 5.78. The van der Waals surface area contributed by atoms with E-state index in [0.29, 0.717) is 6.42 Å². The van der Waals surface area contributed by atoms with E-state index in [9.17, 15) is 5.11 Å². The van der Waals surface area contributed by atoms with Crippen LogP contribution in [0.15, 0.2) is 24.3 Å². The smallest absolute Gasteiger partial charge is 0.0940 e. The molecule has 0 aliphatic heterocycles. The maximum Gasteiger partial charge on any atom is 0.0940 e. The average molecular weight is 288 g/mol. The van der Waals surface area contributed by atoms with Gasteiger partial charge in [-0.05, 0) is 25.8 Å². The van der Waals surface area contributed by atoms with E-state index in [1.54, 1.807) is 7.11 Å². The van der Waals surface area contributed by atoms with Crippen LogP contribution in [0.3, 0.4) is 0 Å². The Kier molecular flexibility index (Phi) is 4.00. The molecule has 0 spiro atoms. The minimum absolute atomic E-state index is 0.378. The van der Waals surface area contributed by atoms with Gasteiger partial charge in [-0.3, -0.25) is 4.68 Å². The van der Waals surface area contributed by atoms with Gasteiger partial charge < -0.3 is 9.84 Å². The number of methoxy groups -OCH3 is 1. The zero-order chi connectivity index (χ0) is 14.9. The molecule has 114 valence electrons. The van der Waals surface area contributed by atoms with Crippen LogP contribution in [0, 0.1) is 0 Å². The van der Waals surface area contributed by atoms with E-state index in [0.717, 1.165) is 48.8 Å². The molecule has 1 aliphatic rings. The van der Waals surface area contributed by atoms with E-state index < -0.39 is 6.10 Å². The number of hydrogen-bond acceptors (Lipinski definition) is 3. The molecule has 3 rings (SSSR count). The normalized spacial score (nSPS) is 19.2. The van der Waals surface area contributed by atoms with Crippen molar-refractivity contribution in [3.05, 3.63) is 30.0 Å². The number of aliphatic hydroxyl groups is 1. The van der Waals surface area contributed by atoms with Crippen LogP contribution in [0.2, 0.25) is 0 Å². The van der Waals surface area contributed by atoms with Gasteiger partial charge in [-0.25, -0.2) is 0 Å². The second-order valence-corrected chi connectivity index (χ2v) is 5.98. The third kappa shape index (κ3) is 2.47. The molecule has 1 unspecified atom stereocenters. The molecule has 1 aromatic heterocycles. The predicted octanol–water partition coefficient (Wildman–Crippen LogP) is 2.92. The van der Waals surface area contributed by atoms with Crippen molar-refractivity contribution >= 4 is 10.9 Å². The third-order valence-corrected chi connectivity index (χ3v) is 4.88. The van der Waals surface area contributed by atoms with Gasteiger partial charge in [0.15, 0.2) is 0 Å². The van der Waals surface area contributed by atoms with E-state index in [2.05, 4.69) is 24.2 Å². The molecule has 0 amide bonds. The summed E-state index contributed by atoms with van der Waals surface area (Å²) >= 11 is 0. The van der Waals surface area contributed by atoms with Gasteiger partial charge in [0.1, 0.15) is 0 Å². The lowest BCUT2D eigenvalue weighted by Crippen LogP contribution is -2.43. The maximum absolute atomic E-state index is 10.7. The standard InChI is InChI=1S/C17H24N2O2/c1-3-19-15-9-5-4-8-13(15)14(18-19)12-16(20)17(21-2)10-6-7-11-17/h4-5,8-9,16,20H,3,6-7,10-12H2,1-2H3. The van der Waals surface area contributed by atoms with Crippen LogP contribution in [0.5, 0.6) is 0 Å². The Hall–Kier alpha value is -1.39. The molecule has 4 heteroatoms. The molecule has 1 N–H and O–H groups in total. The van der Waals surface area contributed by atoms with E-state index >= 15 is 0 Å². The molecule has 21 heavy (non-hydrogen) atoms. The summed E-state index contributed by atoms with van der Waals surface area (Å²) < 4.78 is 7.70. The summed E-state index contributed by atoms with van der Waals surface area (Å²) in [5, 5.41) is 16.5. The van der Waals surface area contributed by atoms with Crippen LogP contribution < -0.4 is 0 Å². The highest BCUT2D eigenvalue weighted by Crippen LogP contribution is 2.37. The number of rotatable bonds is 5.